The summed E-state index contributed by atoms with van der Waals surface area (Å²) in [7, 11) is 0. The predicted octanol–water partition coefficient (Wildman–Crippen LogP) is 2.40. The quantitative estimate of drug-likeness (QED) is 0.375. The Bertz CT molecular complexity index is 8.49. The van der Waals surface area contributed by atoms with E-state index in [1.54, 1.807) is 20.8 Å². The maximum Gasteiger partial charge on any atom is 2.00 e. The van der Waals surface area contributed by atoms with Gasteiger partial charge in [0.1, 0.15) is 0 Å². The maximum atomic E-state index is 3.25. The summed E-state index contributed by atoms with van der Waals surface area (Å²) in [5.74, 6) is 0. The Balaban J connectivity index is -0.00000000500. The molecule has 0 aliphatic heterocycles. The first-order valence-electron chi connectivity index (χ1n) is 2.12. The summed E-state index contributed by atoms with van der Waals surface area (Å²) in [5.41, 5.74) is 0. The van der Waals surface area contributed by atoms with Crippen molar-refractivity contribution in [3.63, 3.8) is 0 Å². The molecular formula is C6H15OTi-3. The summed E-state index contributed by atoms with van der Waals surface area (Å²) in [5, 5.41) is 0. The predicted molar refractivity (Wildman–Crippen MR) is 33.8 cm³/mol. The molecule has 0 fully saturated rings. The third-order valence-electron chi connectivity index (χ3n) is 0. The van der Waals surface area contributed by atoms with Crippen molar-refractivity contribution >= 4 is 0 Å². The fourth-order valence-electron chi connectivity index (χ4n) is 0. The monoisotopic (exact) mass is 151 g/mol. The van der Waals surface area contributed by atoms with Crippen molar-refractivity contribution in [2.45, 2.75) is 20.8 Å². The molecule has 0 amide bonds. The van der Waals surface area contributed by atoms with Crippen molar-refractivity contribution < 1.29 is 27.2 Å². The number of hydrogen-bond donors (Lipinski definition) is 0. The van der Waals surface area contributed by atoms with Gasteiger partial charge >= 0.3 is 21.7 Å². The summed E-state index contributed by atoms with van der Waals surface area (Å²) < 4.78 is 0. The first-order valence-corrected chi connectivity index (χ1v) is 2.12. The van der Waals surface area contributed by atoms with Crippen LogP contribution in [0.25, 0.3) is 0 Å². The van der Waals surface area contributed by atoms with Crippen LogP contribution in [0.4, 0.5) is 0 Å². The zero-order valence-corrected chi connectivity index (χ0v) is 7.59. The summed E-state index contributed by atoms with van der Waals surface area (Å²) in [6.45, 7) is 15.0. The molecule has 0 rings (SSSR count). The zero-order chi connectivity index (χ0) is 6.00. The van der Waals surface area contributed by atoms with Gasteiger partial charge in [-0.2, -0.15) is 20.8 Å². The van der Waals surface area contributed by atoms with Crippen LogP contribution >= 0.6 is 0 Å². The Hall–Kier alpha value is 0.674. The average Bonchev–Trinajstić information content (AvgIpc) is 1.81. The second kappa shape index (κ2) is 752. The third-order valence-corrected chi connectivity index (χ3v) is 0. The van der Waals surface area contributed by atoms with E-state index in [4.69, 9.17) is 0 Å². The SMILES string of the molecule is [CH2-]C.[CH2-]C.[CH2-]C.[O-2].[Ti+2]. The van der Waals surface area contributed by atoms with Gasteiger partial charge in [-0.1, -0.05) is 0 Å². The van der Waals surface area contributed by atoms with Gasteiger partial charge in [0.25, 0.3) is 0 Å². The fraction of sp³-hybridized carbons (Fsp3) is 0.500. The van der Waals surface area contributed by atoms with Crippen LogP contribution in [0.2, 0.25) is 0 Å². The molecule has 52 valence electrons. The minimum absolute atomic E-state index is 0. The van der Waals surface area contributed by atoms with E-state index in [1.807, 2.05) is 0 Å². The van der Waals surface area contributed by atoms with Crippen molar-refractivity contribution in [1.29, 1.82) is 0 Å². The Morgan fingerprint density at radius 2 is 0.625 bits per heavy atom. The van der Waals surface area contributed by atoms with Crippen molar-refractivity contribution in [2.24, 2.45) is 0 Å². The van der Waals surface area contributed by atoms with Gasteiger partial charge in [-0.15, -0.1) is 0 Å². The van der Waals surface area contributed by atoms with Gasteiger partial charge in [-0.3, -0.25) is 0 Å². The largest absolute Gasteiger partial charge is 2.00 e. The topological polar surface area (TPSA) is 28.5 Å². The second-order valence-corrected chi connectivity index (χ2v) is 0. The molecule has 0 aromatic carbocycles. The van der Waals surface area contributed by atoms with E-state index in [-0.39, 0.29) is 27.2 Å². The first-order chi connectivity index (χ1) is 3.00. The minimum Gasteiger partial charge on any atom is -2.00 e. The van der Waals surface area contributed by atoms with E-state index in [2.05, 4.69) is 20.8 Å². The molecule has 0 saturated carbocycles. The van der Waals surface area contributed by atoms with Gasteiger partial charge in [0.15, 0.2) is 0 Å². The van der Waals surface area contributed by atoms with Gasteiger partial charge in [0.05, 0.1) is 0 Å². The van der Waals surface area contributed by atoms with Gasteiger partial charge in [0.2, 0.25) is 0 Å². The van der Waals surface area contributed by atoms with Crippen LogP contribution in [-0.4, -0.2) is 0 Å². The zero-order valence-electron chi connectivity index (χ0n) is 6.03. The molecule has 0 heterocycles. The second-order valence-electron chi connectivity index (χ2n) is 0. The Morgan fingerprint density at radius 3 is 0.625 bits per heavy atom. The van der Waals surface area contributed by atoms with Crippen molar-refractivity contribution in [3.8, 4) is 0 Å². The molecule has 0 aromatic rings. The molecule has 0 aromatic heterocycles. The molecular weight excluding hydrogens is 136 g/mol. The van der Waals surface area contributed by atoms with Crippen LogP contribution in [-0.2, 0) is 27.2 Å². The first kappa shape index (κ1) is 37.8. The summed E-state index contributed by atoms with van der Waals surface area (Å²) >= 11 is 0. The molecule has 0 radical (unpaired) electrons. The number of hydrogen-bond acceptors (Lipinski definition) is 0. The van der Waals surface area contributed by atoms with Crippen LogP contribution < -0.4 is 0 Å². The molecule has 0 bridgehead atoms. The van der Waals surface area contributed by atoms with E-state index in [0.29, 0.717) is 0 Å². The van der Waals surface area contributed by atoms with Gasteiger partial charge in [0, 0.05) is 0 Å². The molecule has 8 heavy (non-hydrogen) atoms. The average molecular weight is 151 g/mol. The minimum atomic E-state index is 0. The summed E-state index contributed by atoms with van der Waals surface area (Å²) in [6, 6.07) is 0. The molecule has 0 aliphatic rings. The van der Waals surface area contributed by atoms with Crippen LogP contribution in [0.3, 0.4) is 0 Å². The normalized spacial score (nSPS) is 2.25. The van der Waals surface area contributed by atoms with Crippen LogP contribution in [0.15, 0.2) is 0 Å². The van der Waals surface area contributed by atoms with E-state index < -0.39 is 0 Å². The van der Waals surface area contributed by atoms with Crippen molar-refractivity contribution in [1.82, 2.24) is 0 Å². The van der Waals surface area contributed by atoms with E-state index in [1.165, 1.54) is 0 Å². The maximum absolute atomic E-state index is 3.25. The molecule has 0 spiro atoms. The Labute approximate surface area is 69.1 Å². The Morgan fingerprint density at radius 1 is 0.625 bits per heavy atom. The smallest absolute Gasteiger partial charge is 2.00 e. The standard InChI is InChI=1S/3C2H5.O.Ti/c3*1-2;;/h3*1H2,2H3;;/q3*-1;-2;+2. The molecule has 1 nitrogen and oxygen atoms in total. The van der Waals surface area contributed by atoms with Gasteiger partial charge in [-0.25, -0.2) is 0 Å². The molecule has 2 heteroatoms. The third kappa shape index (κ3) is 473. The van der Waals surface area contributed by atoms with Gasteiger partial charge in [-0.05, 0) is 0 Å². The Kier molecular flexibility index (Phi) is 3560. The fourth-order valence-corrected chi connectivity index (χ4v) is 0. The summed E-state index contributed by atoms with van der Waals surface area (Å²) in [6.07, 6.45) is 0. The van der Waals surface area contributed by atoms with E-state index in [9.17, 15) is 0 Å². The van der Waals surface area contributed by atoms with Crippen LogP contribution in [0.1, 0.15) is 20.8 Å². The van der Waals surface area contributed by atoms with Crippen LogP contribution in [0.5, 0.6) is 0 Å². The molecule has 0 N–H and O–H groups in total. The molecule has 0 unspecified atom stereocenters. The molecule has 0 saturated heterocycles. The molecule has 0 atom stereocenters. The van der Waals surface area contributed by atoms with E-state index >= 15 is 0 Å². The summed E-state index contributed by atoms with van der Waals surface area (Å²) in [4.78, 5) is 0. The number of rotatable bonds is 0. The van der Waals surface area contributed by atoms with Crippen LogP contribution in [0, 0.1) is 20.8 Å². The van der Waals surface area contributed by atoms with Crippen molar-refractivity contribution in [2.75, 3.05) is 0 Å². The van der Waals surface area contributed by atoms with E-state index in [0.717, 1.165) is 0 Å². The molecule has 0 aliphatic carbocycles. The van der Waals surface area contributed by atoms with Crippen molar-refractivity contribution in [3.05, 3.63) is 20.8 Å². The van der Waals surface area contributed by atoms with Gasteiger partial charge < -0.3 is 26.2 Å².